The molecule has 10 heavy (non-hydrogen) atoms. The van der Waals surface area contributed by atoms with Crippen molar-refractivity contribution < 1.29 is 54.5 Å². The van der Waals surface area contributed by atoms with Gasteiger partial charge in [-0.15, -0.1) is 0 Å². The first-order chi connectivity index (χ1) is 3.73. The number of rotatable bonds is 0. The van der Waals surface area contributed by atoms with Gasteiger partial charge in [0.1, 0.15) is 0 Å². The van der Waals surface area contributed by atoms with Crippen molar-refractivity contribution in [2.75, 3.05) is 0 Å². The Kier molecular flexibility index (Phi) is 11.7. The molecule has 0 aliphatic heterocycles. The van der Waals surface area contributed by atoms with Gasteiger partial charge in [0.05, 0.1) is 0 Å². The van der Waals surface area contributed by atoms with Crippen LogP contribution in [0.3, 0.4) is 0 Å². The summed E-state index contributed by atoms with van der Waals surface area (Å²) in [7, 11) is -4.64. The van der Waals surface area contributed by atoms with Gasteiger partial charge in [0, 0.05) is 0 Å². The molecule has 0 heterocycles. The molecule has 0 amide bonds. The summed E-state index contributed by atoms with van der Waals surface area (Å²) in [6, 6.07) is 0. The van der Waals surface area contributed by atoms with Crippen molar-refractivity contribution >= 4 is 14.0 Å². The van der Waals surface area contributed by atoms with Crippen LogP contribution in [0.25, 0.3) is 0 Å². The van der Waals surface area contributed by atoms with E-state index in [1.807, 2.05) is 0 Å². The van der Waals surface area contributed by atoms with Crippen molar-refractivity contribution in [3.8, 4) is 0 Å². The number of hydrogen-bond donors (Lipinski definition) is 5. The number of carbonyl (C=O) groups is 1. The first-order valence-electron chi connectivity index (χ1n) is 1.43. The summed E-state index contributed by atoms with van der Waals surface area (Å²) in [6.45, 7) is 0. The second kappa shape index (κ2) is 7.09. The molecule has 0 spiro atoms. The van der Waals surface area contributed by atoms with Gasteiger partial charge >= 0.3 is 32.8 Å². The van der Waals surface area contributed by atoms with Gasteiger partial charge in [-0.3, -0.25) is 0 Å². The molecule has 0 saturated heterocycles. The zero-order valence-electron chi connectivity index (χ0n) is 6.00. The molecule has 0 saturated carbocycles. The summed E-state index contributed by atoms with van der Waals surface area (Å²) in [5.74, 6) is 0. The van der Waals surface area contributed by atoms with Crippen LogP contribution in [0.2, 0.25) is 0 Å². The molecule has 0 aliphatic rings. The van der Waals surface area contributed by atoms with Gasteiger partial charge in [-0.05, 0) is 0 Å². The SMILES string of the molecule is O=C(O)O.O=P(O)(O)O.[H-].[Li+]. The van der Waals surface area contributed by atoms with E-state index >= 15 is 0 Å². The predicted octanol–water partition coefficient (Wildman–Crippen LogP) is -3.59. The van der Waals surface area contributed by atoms with Gasteiger partial charge in [-0.1, -0.05) is 0 Å². The van der Waals surface area contributed by atoms with Crippen LogP contribution in [0.15, 0.2) is 0 Å². The number of phosphoric acid groups is 1. The minimum absolute atomic E-state index is 0. The Morgan fingerprint density at radius 1 is 1.20 bits per heavy atom. The molecule has 0 aromatic carbocycles. The second-order valence-electron chi connectivity index (χ2n) is 0.796. The van der Waals surface area contributed by atoms with Crippen molar-refractivity contribution in [3.63, 3.8) is 0 Å². The molecule has 0 rings (SSSR count). The van der Waals surface area contributed by atoms with E-state index in [1.165, 1.54) is 0 Å². The minimum atomic E-state index is -4.64. The van der Waals surface area contributed by atoms with Crippen molar-refractivity contribution in [1.29, 1.82) is 0 Å². The Morgan fingerprint density at radius 2 is 1.20 bits per heavy atom. The van der Waals surface area contributed by atoms with Crippen LogP contribution in [0, 0.1) is 0 Å². The third kappa shape index (κ3) is 761000. The smallest absolute Gasteiger partial charge is 1.00 e. The maximum Gasteiger partial charge on any atom is 1.00 e. The van der Waals surface area contributed by atoms with E-state index in [0.717, 1.165) is 0 Å². The Morgan fingerprint density at radius 3 is 1.20 bits per heavy atom. The van der Waals surface area contributed by atoms with Gasteiger partial charge in [0.25, 0.3) is 0 Å². The predicted molar refractivity (Wildman–Crippen MR) is 26.0 cm³/mol. The van der Waals surface area contributed by atoms with Crippen molar-refractivity contribution in [2.45, 2.75) is 0 Å². The number of hydrogen-bond acceptors (Lipinski definition) is 2. The third-order valence-electron chi connectivity index (χ3n) is 0. The van der Waals surface area contributed by atoms with Gasteiger partial charge in [0.15, 0.2) is 0 Å². The first kappa shape index (κ1) is 16.5. The van der Waals surface area contributed by atoms with Crippen LogP contribution in [0.5, 0.6) is 0 Å². The molecule has 0 aromatic heterocycles. The topological polar surface area (TPSA) is 135 Å². The largest absolute Gasteiger partial charge is 1.00 e. The molecular formula is CH6LiO7P. The van der Waals surface area contributed by atoms with Gasteiger partial charge in [-0.25, -0.2) is 9.36 Å². The quantitative estimate of drug-likeness (QED) is 0.186. The zero-order chi connectivity index (χ0) is 8.08. The Hall–Kier alpha value is -0.0226. The van der Waals surface area contributed by atoms with E-state index < -0.39 is 14.0 Å². The van der Waals surface area contributed by atoms with Crippen LogP contribution in [-0.2, 0) is 4.57 Å². The van der Waals surface area contributed by atoms with Crippen molar-refractivity contribution in [2.24, 2.45) is 0 Å². The van der Waals surface area contributed by atoms with Crippen LogP contribution in [-0.4, -0.2) is 31.0 Å². The number of carboxylic acid groups (broad SMARTS) is 2. The van der Waals surface area contributed by atoms with E-state index in [-0.39, 0.29) is 20.3 Å². The normalized spacial score (nSPS) is 8.30. The van der Waals surface area contributed by atoms with E-state index in [4.69, 9.17) is 34.3 Å². The second-order valence-corrected chi connectivity index (χ2v) is 1.82. The van der Waals surface area contributed by atoms with Gasteiger partial charge in [-0.2, -0.15) is 0 Å². The molecular weight excluding hydrogens is 162 g/mol. The maximum atomic E-state index is 8.88. The average Bonchev–Trinajstić information content (AvgIpc) is 1.19. The van der Waals surface area contributed by atoms with Gasteiger partial charge < -0.3 is 26.3 Å². The Labute approximate surface area is 69.2 Å². The van der Waals surface area contributed by atoms with Crippen LogP contribution in [0.1, 0.15) is 1.43 Å². The first-order valence-corrected chi connectivity index (χ1v) is 3.00. The maximum absolute atomic E-state index is 8.88. The summed E-state index contributed by atoms with van der Waals surface area (Å²) in [5, 5.41) is 13.9. The molecule has 7 nitrogen and oxygen atoms in total. The fourth-order valence-corrected chi connectivity index (χ4v) is 0. The summed E-state index contributed by atoms with van der Waals surface area (Å²) < 4.78 is 8.88. The third-order valence-corrected chi connectivity index (χ3v) is 0. The molecule has 0 fully saturated rings. The standard InChI is InChI=1S/CH2O3.Li.H3O4P.H/c2-1(3)4;;1-5(2,3)4;/h(H2,2,3,4);;(H3,1,2,3,4);/q;+1;;-1. The summed E-state index contributed by atoms with van der Waals surface area (Å²) >= 11 is 0. The fraction of sp³-hybridized carbons (Fsp3) is 0. The van der Waals surface area contributed by atoms with Crippen LogP contribution >= 0.6 is 7.82 Å². The van der Waals surface area contributed by atoms with E-state index in [1.54, 1.807) is 0 Å². The molecule has 58 valence electrons. The average molecular weight is 168 g/mol. The zero-order valence-corrected chi connectivity index (χ0v) is 5.89. The van der Waals surface area contributed by atoms with Crippen molar-refractivity contribution in [3.05, 3.63) is 0 Å². The summed E-state index contributed by atoms with van der Waals surface area (Å²) in [6.07, 6.45) is -1.83. The Bertz CT molecular complexity index is 118. The molecule has 0 unspecified atom stereocenters. The minimum Gasteiger partial charge on any atom is -1.00 e. The molecule has 9 heteroatoms. The molecule has 0 aromatic rings. The van der Waals surface area contributed by atoms with Gasteiger partial charge in [0.2, 0.25) is 0 Å². The molecule has 0 atom stereocenters. The molecule has 0 bridgehead atoms. The monoisotopic (exact) mass is 168 g/mol. The van der Waals surface area contributed by atoms with Crippen LogP contribution in [0.4, 0.5) is 4.79 Å². The van der Waals surface area contributed by atoms with Crippen LogP contribution < -0.4 is 18.9 Å². The summed E-state index contributed by atoms with van der Waals surface area (Å²) in [4.78, 5) is 30.1. The summed E-state index contributed by atoms with van der Waals surface area (Å²) in [5.41, 5.74) is 0. The fourth-order valence-electron chi connectivity index (χ4n) is 0. The molecule has 5 N–H and O–H groups in total. The molecule has 0 radical (unpaired) electrons. The van der Waals surface area contributed by atoms with E-state index in [0.29, 0.717) is 0 Å². The van der Waals surface area contributed by atoms with Crippen molar-refractivity contribution in [1.82, 2.24) is 0 Å². The Balaban J connectivity index is -0.0000000383. The van der Waals surface area contributed by atoms with E-state index in [2.05, 4.69) is 0 Å². The molecule has 0 aliphatic carbocycles. The van der Waals surface area contributed by atoms with E-state index in [9.17, 15) is 0 Å².